The smallest absolute Gasteiger partial charge is 0.356 e. The van der Waals surface area contributed by atoms with Crippen LogP contribution in [0.25, 0.3) is 0 Å². The maximum Gasteiger partial charge on any atom is 0.356 e. The zero-order chi connectivity index (χ0) is 12.9. The van der Waals surface area contributed by atoms with Gasteiger partial charge in [0, 0.05) is 12.8 Å². The van der Waals surface area contributed by atoms with Gasteiger partial charge < -0.3 is 10.4 Å². The Morgan fingerprint density at radius 2 is 2.12 bits per heavy atom. The van der Waals surface area contributed by atoms with Gasteiger partial charge in [-0.15, -0.1) is 0 Å². The molecule has 0 spiro atoms. The zero-order valence-electron chi connectivity index (χ0n) is 9.25. The number of carboxylic acids is 1. The van der Waals surface area contributed by atoms with Gasteiger partial charge in [0.05, 0.1) is 18.1 Å². The quantitative estimate of drug-likeness (QED) is 0.693. The molecule has 0 aliphatic rings. The van der Waals surface area contributed by atoms with E-state index in [0.29, 0.717) is 18.8 Å². The van der Waals surface area contributed by atoms with E-state index in [2.05, 4.69) is 15.3 Å². The molecule has 0 fully saturated rings. The minimum Gasteiger partial charge on any atom is -0.476 e. The molecule has 94 valence electrons. The Balaban J connectivity index is 2.40. The van der Waals surface area contributed by atoms with Crippen molar-refractivity contribution in [3.05, 3.63) is 18.1 Å². The van der Waals surface area contributed by atoms with E-state index in [1.54, 1.807) is 0 Å². The second kappa shape index (κ2) is 5.58. The first-order valence-corrected chi connectivity index (χ1v) is 6.91. The van der Waals surface area contributed by atoms with Gasteiger partial charge in [0.1, 0.15) is 15.7 Å². The van der Waals surface area contributed by atoms with E-state index in [4.69, 9.17) is 5.11 Å². The van der Waals surface area contributed by atoms with Crippen molar-refractivity contribution < 1.29 is 18.3 Å². The molecule has 0 aliphatic carbocycles. The minimum atomic E-state index is -2.95. The summed E-state index contributed by atoms with van der Waals surface area (Å²) >= 11 is 0. The van der Waals surface area contributed by atoms with Crippen molar-refractivity contribution in [3.8, 4) is 0 Å². The average molecular weight is 259 g/mol. The normalized spacial score (nSPS) is 11.1. The summed E-state index contributed by atoms with van der Waals surface area (Å²) in [6.07, 6.45) is 4.07. The number of carboxylic acid groups (broad SMARTS) is 1. The highest BCUT2D eigenvalue weighted by Gasteiger charge is 2.05. The summed E-state index contributed by atoms with van der Waals surface area (Å²) in [5, 5.41) is 11.4. The van der Waals surface area contributed by atoms with Crippen molar-refractivity contribution in [2.75, 3.05) is 23.9 Å². The highest BCUT2D eigenvalue weighted by Crippen LogP contribution is 2.01. The molecular weight excluding hydrogens is 246 g/mol. The highest BCUT2D eigenvalue weighted by atomic mass is 32.2. The van der Waals surface area contributed by atoms with E-state index < -0.39 is 15.8 Å². The molecule has 1 heterocycles. The van der Waals surface area contributed by atoms with E-state index in [9.17, 15) is 13.2 Å². The summed E-state index contributed by atoms with van der Waals surface area (Å²) in [6, 6.07) is 0. The maximum absolute atomic E-state index is 10.8. The lowest BCUT2D eigenvalue weighted by Crippen LogP contribution is -2.11. The molecule has 2 N–H and O–H groups in total. The van der Waals surface area contributed by atoms with Gasteiger partial charge in [0.25, 0.3) is 0 Å². The molecular formula is C9H13N3O4S. The fraction of sp³-hybridized carbons (Fsp3) is 0.444. The molecule has 0 saturated carbocycles. The monoisotopic (exact) mass is 259 g/mol. The summed E-state index contributed by atoms with van der Waals surface area (Å²) in [5.41, 5.74) is -0.133. The van der Waals surface area contributed by atoms with Crippen LogP contribution in [0.2, 0.25) is 0 Å². The van der Waals surface area contributed by atoms with E-state index in [1.807, 2.05) is 0 Å². The zero-order valence-corrected chi connectivity index (χ0v) is 10.1. The van der Waals surface area contributed by atoms with Crippen LogP contribution in [0.3, 0.4) is 0 Å². The van der Waals surface area contributed by atoms with Crippen LogP contribution in [0.15, 0.2) is 12.4 Å². The van der Waals surface area contributed by atoms with E-state index >= 15 is 0 Å². The van der Waals surface area contributed by atoms with Crippen LogP contribution in [0, 0.1) is 0 Å². The van der Waals surface area contributed by atoms with Crippen molar-refractivity contribution in [1.82, 2.24) is 9.97 Å². The van der Waals surface area contributed by atoms with Crippen LogP contribution >= 0.6 is 0 Å². The molecule has 0 amide bonds. The molecule has 0 atom stereocenters. The fourth-order valence-electron chi connectivity index (χ4n) is 1.08. The summed E-state index contributed by atoms with van der Waals surface area (Å²) in [4.78, 5) is 18.0. The van der Waals surface area contributed by atoms with Crippen molar-refractivity contribution in [1.29, 1.82) is 0 Å². The van der Waals surface area contributed by atoms with Gasteiger partial charge >= 0.3 is 5.97 Å². The molecule has 7 nitrogen and oxygen atoms in total. The van der Waals surface area contributed by atoms with Crippen molar-refractivity contribution in [3.63, 3.8) is 0 Å². The first-order chi connectivity index (χ1) is 7.88. The number of nitrogens with one attached hydrogen (secondary N) is 1. The Bertz CT molecular complexity index is 483. The van der Waals surface area contributed by atoms with Gasteiger partial charge in [0.2, 0.25) is 0 Å². The van der Waals surface area contributed by atoms with Gasteiger partial charge in [-0.1, -0.05) is 0 Å². The number of hydrogen-bond donors (Lipinski definition) is 2. The van der Waals surface area contributed by atoms with E-state index in [-0.39, 0.29) is 11.4 Å². The third-order valence-corrected chi connectivity index (χ3v) is 2.90. The van der Waals surface area contributed by atoms with Gasteiger partial charge in [-0.25, -0.2) is 23.2 Å². The predicted molar refractivity (Wildman–Crippen MR) is 61.8 cm³/mol. The SMILES string of the molecule is CS(=O)(=O)CCCNc1cnc(C(=O)O)cn1. The van der Waals surface area contributed by atoms with Crippen LogP contribution < -0.4 is 5.32 Å². The third-order valence-electron chi connectivity index (χ3n) is 1.87. The van der Waals surface area contributed by atoms with Crippen LogP contribution in [-0.2, 0) is 9.84 Å². The van der Waals surface area contributed by atoms with Gasteiger partial charge in [-0.2, -0.15) is 0 Å². The van der Waals surface area contributed by atoms with Crippen LogP contribution in [0.4, 0.5) is 5.82 Å². The minimum absolute atomic E-state index is 0.0979. The molecule has 1 rings (SSSR count). The molecule has 0 bridgehead atoms. The van der Waals surface area contributed by atoms with Crippen LogP contribution in [0.5, 0.6) is 0 Å². The van der Waals surface area contributed by atoms with E-state index in [0.717, 1.165) is 6.20 Å². The number of anilines is 1. The maximum atomic E-state index is 10.8. The average Bonchev–Trinajstić information content (AvgIpc) is 2.24. The van der Waals surface area contributed by atoms with Gasteiger partial charge in [0.15, 0.2) is 5.69 Å². The second-order valence-corrected chi connectivity index (χ2v) is 5.76. The Morgan fingerprint density at radius 1 is 1.41 bits per heavy atom. The summed E-state index contributed by atoms with van der Waals surface area (Å²) in [6.45, 7) is 0.439. The Hall–Kier alpha value is -1.70. The second-order valence-electron chi connectivity index (χ2n) is 3.50. The lowest BCUT2D eigenvalue weighted by molar-refractivity contribution is 0.0690. The fourth-order valence-corrected chi connectivity index (χ4v) is 1.75. The number of aromatic nitrogens is 2. The Labute approximate surface area is 98.8 Å². The number of carbonyl (C=O) groups is 1. The summed E-state index contributed by atoms with van der Waals surface area (Å²) in [5.74, 6) is -0.620. The Kier molecular flexibility index (Phi) is 4.38. The molecule has 8 heteroatoms. The molecule has 0 unspecified atom stereocenters. The first-order valence-electron chi connectivity index (χ1n) is 4.85. The summed E-state index contributed by atoms with van der Waals surface area (Å²) < 4.78 is 21.7. The number of hydrogen-bond acceptors (Lipinski definition) is 6. The molecule has 0 radical (unpaired) electrons. The standard InChI is InChI=1S/C9H13N3O4S/c1-17(15,16)4-2-3-10-8-6-11-7(5-12-8)9(13)14/h5-6H,2-4H2,1H3,(H,10,12)(H,13,14). The van der Waals surface area contributed by atoms with Crippen LogP contribution in [0.1, 0.15) is 16.9 Å². The first kappa shape index (κ1) is 13.4. The molecule has 1 aromatic heterocycles. The van der Waals surface area contributed by atoms with Crippen molar-refractivity contribution in [2.24, 2.45) is 0 Å². The van der Waals surface area contributed by atoms with E-state index in [1.165, 1.54) is 12.5 Å². The molecule has 0 saturated heterocycles. The largest absolute Gasteiger partial charge is 0.476 e. The lowest BCUT2D eigenvalue weighted by atomic mass is 10.4. The highest BCUT2D eigenvalue weighted by molar-refractivity contribution is 7.90. The lowest BCUT2D eigenvalue weighted by Gasteiger charge is -2.04. The van der Waals surface area contributed by atoms with Gasteiger partial charge in [-0.3, -0.25) is 0 Å². The van der Waals surface area contributed by atoms with Crippen molar-refractivity contribution in [2.45, 2.75) is 6.42 Å². The number of aromatic carboxylic acids is 1. The topological polar surface area (TPSA) is 109 Å². The van der Waals surface area contributed by atoms with Crippen molar-refractivity contribution >= 4 is 21.6 Å². The molecule has 0 aromatic carbocycles. The van der Waals surface area contributed by atoms with Gasteiger partial charge in [-0.05, 0) is 6.42 Å². The Morgan fingerprint density at radius 3 is 2.59 bits per heavy atom. The molecule has 17 heavy (non-hydrogen) atoms. The number of nitrogens with zero attached hydrogens (tertiary/aromatic N) is 2. The number of sulfone groups is 1. The summed E-state index contributed by atoms with van der Waals surface area (Å²) in [7, 11) is -2.95. The van der Waals surface area contributed by atoms with Crippen LogP contribution in [-0.4, -0.2) is 48.0 Å². The third kappa shape index (κ3) is 5.25. The molecule has 0 aliphatic heterocycles. The number of rotatable bonds is 6. The molecule has 1 aromatic rings. The predicted octanol–water partition coefficient (Wildman–Crippen LogP) is 0.0214.